The van der Waals surface area contributed by atoms with Gasteiger partial charge < -0.3 is 14.2 Å². The summed E-state index contributed by atoms with van der Waals surface area (Å²) >= 11 is 0. The minimum absolute atomic E-state index is 0.347. The first-order valence-electron chi connectivity index (χ1n) is 6.29. The second-order valence-electron chi connectivity index (χ2n) is 4.17. The van der Waals surface area contributed by atoms with Crippen molar-refractivity contribution in [1.29, 1.82) is 0 Å². The summed E-state index contributed by atoms with van der Waals surface area (Å²) in [5, 5.41) is 0. The number of fused-ring (bicyclic) bond motifs is 9. The Morgan fingerprint density at radius 2 is 1.05 bits per heavy atom. The Hall–Kier alpha value is -1.88. The number of benzene rings is 1. The van der Waals surface area contributed by atoms with Crippen LogP contribution in [0.1, 0.15) is 33.6 Å². The normalized spacial score (nSPS) is 18.1. The Kier molecular flexibility index (Phi) is 4.92. The average molecular weight is 264 g/mol. The molecule has 3 aliphatic heterocycles. The molecule has 5 nitrogen and oxygen atoms in total. The number of ether oxygens (including phenoxy) is 3. The Labute approximate surface area is 111 Å². The van der Waals surface area contributed by atoms with Crippen LogP contribution >= 0.6 is 0 Å². The highest BCUT2D eigenvalue weighted by Gasteiger charge is 2.12. The fourth-order valence-corrected chi connectivity index (χ4v) is 1.44. The predicted octanol–water partition coefficient (Wildman–Crippen LogP) is 1.81. The summed E-state index contributed by atoms with van der Waals surface area (Å²) in [7, 11) is 0. The lowest BCUT2D eigenvalue weighted by atomic mass is 10.1. The molecule has 2 bridgehead atoms. The summed E-state index contributed by atoms with van der Waals surface area (Å²) < 4.78 is 14.6. The zero-order valence-electron chi connectivity index (χ0n) is 10.6. The first-order chi connectivity index (χ1) is 9.27. The average Bonchev–Trinajstić information content (AvgIpc) is 3.29. The molecule has 0 spiro atoms. The SMILES string of the molecule is C1CO1.O=C1OCCCCOC(=O)c2ccc1cc2. The van der Waals surface area contributed by atoms with Gasteiger partial charge in [-0.25, -0.2) is 9.59 Å². The van der Waals surface area contributed by atoms with E-state index in [-0.39, 0.29) is 11.9 Å². The summed E-state index contributed by atoms with van der Waals surface area (Å²) in [5.74, 6) is -0.694. The summed E-state index contributed by atoms with van der Waals surface area (Å²) in [6.07, 6.45) is 1.41. The molecule has 3 aliphatic rings. The van der Waals surface area contributed by atoms with Gasteiger partial charge in [-0.3, -0.25) is 0 Å². The van der Waals surface area contributed by atoms with Crippen molar-refractivity contribution >= 4 is 11.9 Å². The van der Waals surface area contributed by atoms with Gasteiger partial charge in [-0.15, -0.1) is 0 Å². The third-order valence-electron chi connectivity index (χ3n) is 2.57. The fraction of sp³-hybridized carbons (Fsp3) is 0.429. The summed E-state index contributed by atoms with van der Waals surface area (Å²) in [5.41, 5.74) is 0.911. The van der Waals surface area contributed by atoms with Gasteiger partial charge in [0.2, 0.25) is 0 Å². The van der Waals surface area contributed by atoms with Crippen LogP contribution in [0.25, 0.3) is 0 Å². The Bertz CT molecular complexity index is 394. The molecule has 0 amide bonds. The number of hydrogen-bond donors (Lipinski definition) is 0. The maximum Gasteiger partial charge on any atom is 0.338 e. The molecular formula is C14H16O5. The molecule has 0 aromatic heterocycles. The Morgan fingerprint density at radius 3 is 1.37 bits per heavy atom. The van der Waals surface area contributed by atoms with Gasteiger partial charge in [0, 0.05) is 0 Å². The van der Waals surface area contributed by atoms with Crippen molar-refractivity contribution in [2.75, 3.05) is 26.4 Å². The second kappa shape index (κ2) is 6.89. The van der Waals surface area contributed by atoms with E-state index in [2.05, 4.69) is 4.74 Å². The molecule has 19 heavy (non-hydrogen) atoms. The second-order valence-corrected chi connectivity index (χ2v) is 4.17. The zero-order chi connectivity index (χ0) is 13.5. The Balaban J connectivity index is 0.000000390. The molecule has 0 radical (unpaired) electrons. The van der Waals surface area contributed by atoms with Gasteiger partial charge in [0.05, 0.1) is 37.6 Å². The maximum absolute atomic E-state index is 11.5. The molecule has 102 valence electrons. The maximum atomic E-state index is 11.5. The number of hydrogen-bond acceptors (Lipinski definition) is 5. The van der Waals surface area contributed by atoms with E-state index in [1.54, 1.807) is 24.3 Å². The molecule has 1 saturated heterocycles. The molecule has 0 saturated carbocycles. The molecule has 4 rings (SSSR count). The van der Waals surface area contributed by atoms with E-state index in [0.29, 0.717) is 37.2 Å². The molecule has 0 aliphatic carbocycles. The summed E-state index contributed by atoms with van der Waals surface area (Å²) in [4.78, 5) is 23.0. The van der Waals surface area contributed by atoms with Gasteiger partial charge in [0.15, 0.2) is 0 Å². The number of rotatable bonds is 0. The van der Waals surface area contributed by atoms with Crippen LogP contribution in [-0.4, -0.2) is 38.4 Å². The molecule has 1 aromatic rings. The minimum atomic E-state index is -0.347. The highest BCUT2D eigenvalue weighted by molar-refractivity contribution is 5.93. The number of epoxide rings is 1. The molecule has 0 N–H and O–H groups in total. The van der Waals surface area contributed by atoms with E-state index in [1.165, 1.54) is 0 Å². The van der Waals surface area contributed by atoms with E-state index in [0.717, 1.165) is 13.2 Å². The van der Waals surface area contributed by atoms with Gasteiger partial charge in [-0.2, -0.15) is 0 Å². The highest BCUT2D eigenvalue weighted by Crippen LogP contribution is 2.09. The molecule has 1 fully saturated rings. The molecule has 0 unspecified atom stereocenters. The van der Waals surface area contributed by atoms with E-state index in [4.69, 9.17) is 9.47 Å². The molecule has 1 aromatic carbocycles. The van der Waals surface area contributed by atoms with Crippen LogP contribution in [0.2, 0.25) is 0 Å². The van der Waals surface area contributed by atoms with Gasteiger partial charge in [-0.1, -0.05) is 0 Å². The van der Waals surface area contributed by atoms with Crippen molar-refractivity contribution in [2.45, 2.75) is 12.8 Å². The number of carbonyl (C=O) groups excluding carboxylic acids is 2. The van der Waals surface area contributed by atoms with Crippen LogP contribution in [-0.2, 0) is 14.2 Å². The van der Waals surface area contributed by atoms with Gasteiger partial charge in [-0.05, 0) is 37.1 Å². The van der Waals surface area contributed by atoms with Crippen molar-refractivity contribution < 1.29 is 23.8 Å². The van der Waals surface area contributed by atoms with Crippen molar-refractivity contribution in [3.63, 3.8) is 0 Å². The van der Waals surface area contributed by atoms with Crippen LogP contribution in [0.15, 0.2) is 24.3 Å². The van der Waals surface area contributed by atoms with Crippen molar-refractivity contribution in [3.05, 3.63) is 35.4 Å². The largest absolute Gasteiger partial charge is 0.462 e. The topological polar surface area (TPSA) is 65.1 Å². The van der Waals surface area contributed by atoms with Gasteiger partial charge in [0.1, 0.15) is 0 Å². The zero-order valence-corrected chi connectivity index (χ0v) is 10.6. The highest BCUT2D eigenvalue weighted by atomic mass is 16.6. The molecular weight excluding hydrogens is 248 g/mol. The molecule has 0 atom stereocenters. The minimum Gasteiger partial charge on any atom is -0.462 e. The lowest BCUT2D eigenvalue weighted by molar-refractivity contribution is 0.0427. The van der Waals surface area contributed by atoms with Crippen molar-refractivity contribution in [1.82, 2.24) is 0 Å². The quantitative estimate of drug-likeness (QED) is 0.528. The monoisotopic (exact) mass is 264 g/mol. The third-order valence-corrected chi connectivity index (χ3v) is 2.57. The Morgan fingerprint density at radius 1 is 0.684 bits per heavy atom. The number of carbonyl (C=O) groups is 2. The summed E-state index contributed by atoms with van der Waals surface area (Å²) in [6.45, 7) is 2.72. The predicted molar refractivity (Wildman–Crippen MR) is 67.1 cm³/mol. The molecule has 3 heterocycles. The molecule has 5 heteroatoms. The van der Waals surface area contributed by atoms with Crippen LogP contribution in [0, 0.1) is 0 Å². The summed E-state index contributed by atoms with van der Waals surface area (Å²) in [6, 6.07) is 6.28. The van der Waals surface area contributed by atoms with Crippen LogP contribution in [0.5, 0.6) is 0 Å². The van der Waals surface area contributed by atoms with Gasteiger partial charge >= 0.3 is 11.9 Å². The van der Waals surface area contributed by atoms with Crippen molar-refractivity contribution in [3.8, 4) is 0 Å². The number of esters is 2. The first kappa shape index (κ1) is 13.5. The van der Waals surface area contributed by atoms with Gasteiger partial charge in [0.25, 0.3) is 0 Å². The van der Waals surface area contributed by atoms with E-state index in [9.17, 15) is 9.59 Å². The van der Waals surface area contributed by atoms with E-state index >= 15 is 0 Å². The lowest BCUT2D eigenvalue weighted by Gasteiger charge is -2.09. The fourth-order valence-electron chi connectivity index (χ4n) is 1.44. The van der Waals surface area contributed by atoms with Crippen LogP contribution in [0.3, 0.4) is 0 Å². The van der Waals surface area contributed by atoms with E-state index < -0.39 is 0 Å². The first-order valence-corrected chi connectivity index (χ1v) is 6.29. The smallest absolute Gasteiger partial charge is 0.338 e. The third kappa shape index (κ3) is 4.71. The lowest BCUT2D eigenvalue weighted by Crippen LogP contribution is -2.12. The van der Waals surface area contributed by atoms with E-state index in [1.807, 2.05) is 0 Å². The van der Waals surface area contributed by atoms with Crippen LogP contribution < -0.4 is 0 Å². The standard InChI is InChI=1S/C12H12O4.C2H4O/c13-11-9-3-5-10(6-4-9)12(14)16-8-2-1-7-15-11;1-2-3-1/h3-6H,1-2,7-8H2;1-2H2. The van der Waals surface area contributed by atoms with Crippen LogP contribution in [0.4, 0.5) is 0 Å². The van der Waals surface area contributed by atoms with Crippen molar-refractivity contribution in [2.24, 2.45) is 0 Å².